The molecule has 0 atom stereocenters. The van der Waals surface area contributed by atoms with Crippen molar-refractivity contribution < 1.29 is 0 Å². The van der Waals surface area contributed by atoms with Gasteiger partial charge in [-0.05, 0) is 61.2 Å². The minimum Gasteiger partial charge on any atom is -0.255 e. The van der Waals surface area contributed by atoms with Gasteiger partial charge in [0.2, 0.25) is 0 Å². The molecular formula is C46H31N. The fourth-order valence-electron chi connectivity index (χ4n) is 7.74. The van der Waals surface area contributed by atoms with Gasteiger partial charge in [-0.25, -0.2) is 0 Å². The minimum atomic E-state index is -0.480. The molecule has 0 saturated carbocycles. The Morgan fingerprint density at radius 2 is 0.723 bits per heavy atom. The number of aliphatic imine (C=N–C) groups is 1. The Morgan fingerprint density at radius 1 is 0.340 bits per heavy atom. The van der Waals surface area contributed by atoms with Crippen molar-refractivity contribution in [2.24, 2.45) is 4.99 Å². The average Bonchev–Trinajstić information content (AvgIpc) is 3.62. The molecule has 0 aromatic heterocycles. The molecule has 0 amide bonds. The summed E-state index contributed by atoms with van der Waals surface area (Å²) in [7, 11) is 0. The van der Waals surface area contributed by atoms with E-state index in [2.05, 4.69) is 176 Å². The fourth-order valence-corrected chi connectivity index (χ4v) is 7.74. The summed E-state index contributed by atoms with van der Waals surface area (Å²) in [5.74, 6) is 0. The van der Waals surface area contributed by atoms with Crippen LogP contribution in [0, 0.1) is 0 Å². The second-order valence-corrected chi connectivity index (χ2v) is 12.3. The van der Waals surface area contributed by atoms with E-state index in [0.29, 0.717) is 0 Å². The lowest BCUT2D eigenvalue weighted by Gasteiger charge is -2.32. The summed E-state index contributed by atoms with van der Waals surface area (Å²) in [5.41, 5.74) is 16.6. The summed E-state index contributed by atoms with van der Waals surface area (Å²) >= 11 is 0. The minimum absolute atomic E-state index is 0.480. The molecule has 0 aliphatic heterocycles. The Morgan fingerprint density at radius 3 is 1.26 bits per heavy atom. The van der Waals surface area contributed by atoms with Crippen LogP contribution in [-0.4, -0.2) is 6.21 Å². The van der Waals surface area contributed by atoms with Gasteiger partial charge in [-0.1, -0.05) is 182 Å². The Bertz CT molecular complexity index is 2260. The van der Waals surface area contributed by atoms with Crippen molar-refractivity contribution >= 4 is 17.5 Å². The van der Waals surface area contributed by atoms with E-state index in [0.717, 1.165) is 11.3 Å². The Hall–Kier alpha value is -6.05. The van der Waals surface area contributed by atoms with E-state index >= 15 is 0 Å². The number of benzene rings is 7. The molecular weight excluding hydrogens is 567 g/mol. The predicted molar refractivity (Wildman–Crippen MR) is 196 cm³/mol. The molecule has 47 heavy (non-hydrogen) atoms. The summed E-state index contributed by atoms with van der Waals surface area (Å²) in [6.45, 7) is 0. The molecule has 0 radical (unpaired) electrons. The zero-order chi connectivity index (χ0) is 31.2. The number of rotatable bonds is 5. The zero-order valence-electron chi connectivity index (χ0n) is 25.8. The number of hydrogen-bond acceptors (Lipinski definition) is 1. The first-order valence-corrected chi connectivity index (χ1v) is 16.2. The molecule has 1 heteroatoms. The third-order valence-electron chi connectivity index (χ3n) is 9.79. The first-order chi connectivity index (χ1) is 23.3. The van der Waals surface area contributed by atoms with Crippen molar-refractivity contribution in [3.63, 3.8) is 0 Å². The van der Waals surface area contributed by atoms with Crippen molar-refractivity contribution in [2.75, 3.05) is 0 Å². The van der Waals surface area contributed by atoms with Crippen LogP contribution in [0.2, 0.25) is 0 Å². The molecule has 7 aromatic rings. The molecule has 2 aliphatic carbocycles. The van der Waals surface area contributed by atoms with E-state index in [4.69, 9.17) is 4.99 Å². The van der Waals surface area contributed by atoms with Gasteiger partial charge in [-0.3, -0.25) is 4.99 Å². The highest BCUT2D eigenvalue weighted by Crippen LogP contribution is 2.64. The van der Waals surface area contributed by atoms with Gasteiger partial charge >= 0.3 is 0 Å². The highest BCUT2D eigenvalue weighted by molar-refractivity contribution is 6.10. The molecule has 0 bridgehead atoms. The second kappa shape index (κ2) is 11.1. The van der Waals surface area contributed by atoms with Crippen LogP contribution in [0.15, 0.2) is 187 Å². The SMILES string of the molecule is C(=NC1=C(c2ccc(-c3ccc(-c4ccccc4)cc3)cc2)C2(c3ccccc31)c1ccccc1-c1ccccc12)c1ccccc1. The normalized spacial score (nSPS) is 14.0. The molecule has 0 unspecified atom stereocenters. The van der Waals surface area contributed by atoms with Gasteiger partial charge in [0, 0.05) is 17.4 Å². The lowest BCUT2D eigenvalue weighted by Crippen LogP contribution is -2.26. The van der Waals surface area contributed by atoms with E-state index in [9.17, 15) is 0 Å². The van der Waals surface area contributed by atoms with Crippen LogP contribution < -0.4 is 0 Å². The lowest BCUT2D eigenvalue weighted by molar-refractivity contribution is 0.842. The topological polar surface area (TPSA) is 12.4 Å². The zero-order valence-corrected chi connectivity index (χ0v) is 25.8. The third kappa shape index (κ3) is 4.28. The smallest absolute Gasteiger partial charge is 0.0759 e. The molecule has 0 N–H and O–H groups in total. The molecule has 0 fully saturated rings. The van der Waals surface area contributed by atoms with Gasteiger partial charge in [0.15, 0.2) is 0 Å². The Labute approximate surface area is 275 Å². The first-order valence-electron chi connectivity index (χ1n) is 16.2. The van der Waals surface area contributed by atoms with Gasteiger partial charge in [0.25, 0.3) is 0 Å². The van der Waals surface area contributed by atoms with Crippen molar-refractivity contribution in [1.29, 1.82) is 0 Å². The van der Waals surface area contributed by atoms with Crippen molar-refractivity contribution in [3.05, 3.63) is 215 Å². The first kappa shape index (κ1) is 27.3. The molecule has 1 nitrogen and oxygen atoms in total. The number of allylic oxidation sites excluding steroid dienone is 1. The maximum Gasteiger partial charge on any atom is 0.0759 e. The van der Waals surface area contributed by atoms with Crippen LogP contribution in [0.1, 0.15) is 33.4 Å². The Kier molecular flexibility index (Phi) is 6.43. The van der Waals surface area contributed by atoms with Crippen LogP contribution in [-0.2, 0) is 5.41 Å². The van der Waals surface area contributed by atoms with Crippen LogP contribution in [0.5, 0.6) is 0 Å². The van der Waals surface area contributed by atoms with Gasteiger partial charge < -0.3 is 0 Å². The number of hydrogen-bond donors (Lipinski definition) is 0. The molecule has 9 rings (SSSR count). The summed E-state index contributed by atoms with van der Waals surface area (Å²) in [5, 5.41) is 0. The molecule has 7 aromatic carbocycles. The van der Waals surface area contributed by atoms with Crippen LogP contribution in [0.3, 0.4) is 0 Å². The van der Waals surface area contributed by atoms with Crippen molar-refractivity contribution in [2.45, 2.75) is 5.41 Å². The quantitative estimate of drug-likeness (QED) is 0.175. The van der Waals surface area contributed by atoms with Crippen LogP contribution >= 0.6 is 0 Å². The van der Waals surface area contributed by atoms with Gasteiger partial charge in [-0.2, -0.15) is 0 Å². The summed E-state index contributed by atoms with van der Waals surface area (Å²) < 4.78 is 0. The standard InChI is InChI=1S/C46H31N/c1-3-13-32(14-4-1)31-47-45-40-19-9-12-22-43(40)46(41-20-10-7-17-38(41)39-18-8-11-21-42(39)46)44(45)37-29-27-36(28-30-37)35-25-23-34(24-26-35)33-15-5-2-6-16-33/h1-31H. The number of nitrogens with zero attached hydrogens (tertiary/aromatic N) is 1. The molecule has 0 saturated heterocycles. The van der Waals surface area contributed by atoms with E-state index in [1.54, 1.807) is 0 Å². The summed E-state index contributed by atoms with van der Waals surface area (Å²) in [6, 6.07) is 65.7. The highest BCUT2D eigenvalue weighted by Gasteiger charge is 2.53. The monoisotopic (exact) mass is 597 g/mol. The van der Waals surface area contributed by atoms with Crippen LogP contribution in [0.25, 0.3) is 44.7 Å². The second-order valence-electron chi connectivity index (χ2n) is 12.3. The largest absolute Gasteiger partial charge is 0.255 e. The third-order valence-corrected chi connectivity index (χ3v) is 9.79. The van der Waals surface area contributed by atoms with Gasteiger partial charge in [-0.15, -0.1) is 0 Å². The fraction of sp³-hybridized carbons (Fsp3) is 0.0217. The van der Waals surface area contributed by atoms with E-state index in [-0.39, 0.29) is 0 Å². The molecule has 1 spiro atoms. The predicted octanol–water partition coefficient (Wildman–Crippen LogP) is 11.3. The average molecular weight is 598 g/mol. The molecule has 2 aliphatic rings. The van der Waals surface area contributed by atoms with E-state index in [1.165, 1.54) is 66.8 Å². The number of fused-ring (bicyclic) bond motifs is 7. The summed E-state index contributed by atoms with van der Waals surface area (Å²) in [6.07, 6.45) is 2.01. The highest BCUT2D eigenvalue weighted by atomic mass is 14.8. The van der Waals surface area contributed by atoms with Crippen molar-refractivity contribution in [3.8, 4) is 33.4 Å². The molecule has 0 heterocycles. The molecule has 220 valence electrons. The maximum absolute atomic E-state index is 5.33. The Balaban J connectivity index is 1.25. The lowest BCUT2D eigenvalue weighted by atomic mass is 9.68. The van der Waals surface area contributed by atoms with Gasteiger partial charge in [0.05, 0.1) is 11.1 Å². The summed E-state index contributed by atoms with van der Waals surface area (Å²) in [4.78, 5) is 5.33. The van der Waals surface area contributed by atoms with Crippen molar-refractivity contribution in [1.82, 2.24) is 0 Å². The van der Waals surface area contributed by atoms with E-state index < -0.39 is 5.41 Å². The van der Waals surface area contributed by atoms with Gasteiger partial charge in [0.1, 0.15) is 0 Å². The van der Waals surface area contributed by atoms with E-state index in [1.807, 2.05) is 12.3 Å². The maximum atomic E-state index is 5.33. The van der Waals surface area contributed by atoms with Crippen LogP contribution in [0.4, 0.5) is 0 Å².